The lowest BCUT2D eigenvalue weighted by atomic mass is 10.1. The van der Waals surface area contributed by atoms with Gasteiger partial charge < -0.3 is 0 Å². The van der Waals surface area contributed by atoms with Crippen LogP contribution in [-0.4, -0.2) is 14.8 Å². The van der Waals surface area contributed by atoms with Crippen LogP contribution in [0.1, 0.15) is 34.2 Å². The molecule has 19 heavy (non-hydrogen) atoms. The number of nitrogens with one attached hydrogen (secondary N) is 1. The highest BCUT2D eigenvalue weighted by Crippen LogP contribution is 2.28. The summed E-state index contributed by atoms with van der Waals surface area (Å²) >= 11 is 7.96. The number of aromatic nitrogens is 3. The monoisotopic (exact) mass is 299 g/mol. The molecule has 0 aliphatic heterocycles. The first-order valence-corrected chi connectivity index (χ1v) is 7.36. The van der Waals surface area contributed by atoms with Crippen molar-refractivity contribution in [2.24, 2.45) is 5.84 Å². The van der Waals surface area contributed by atoms with Gasteiger partial charge in [0.15, 0.2) is 0 Å². The Labute approximate surface area is 121 Å². The highest BCUT2D eigenvalue weighted by molar-refractivity contribution is 7.11. The van der Waals surface area contributed by atoms with E-state index in [2.05, 4.69) is 15.5 Å². The van der Waals surface area contributed by atoms with Crippen LogP contribution in [0.3, 0.4) is 0 Å². The number of thiazole rings is 1. The smallest absolute Gasteiger partial charge is 0.0897 e. The van der Waals surface area contributed by atoms with Gasteiger partial charge in [0.1, 0.15) is 0 Å². The summed E-state index contributed by atoms with van der Waals surface area (Å²) in [6.07, 6.45) is 2.56. The van der Waals surface area contributed by atoms with Crippen molar-refractivity contribution in [3.8, 4) is 0 Å². The van der Waals surface area contributed by atoms with Crippen molar-refractivity contribution in [3.05, 3.63) is 32.5 Å². The molecule has 0 amide bonds. The summed E-state index contributed by atoms with van der Waals surface area (Å²) < 4.78 is 1.93. The maximum Gasteiger partial charge on any atom is 0.0897 e. The van der Waals surface area contributed by atoms with Crippen LogP contribution < -0.4 is 11.3 Å². The lowest BCUT2D eigenvalue weighted by Gasteiger charge is -2.14. The standard InChI is InChI=1S/C12H18ClN5S/c1-4-18-10(12(13)7(2)17-18)5-9(16-14)11-6-15-8(3)19-11/h6,9,16H,4-5,14H2,1-3H3. The second-order valence-corrected chi connectivity index (χ2v) is 6.01. The Morgan fingerprint density at radius 1 is 1.53 bits per heavy atom. The third kappa shape index (κ3) is 2.97. The van der Waals surface area contributed by atoms with E-state index in [0.29, 0.717) is 6.42 Å². The van der Waals surface area contributed by atoms with E-state index < -0.39 is 0 Å². The van der Waals surface area contributed by atoms with Gasteiger partial charge in [0.2, 0.25) is 0 Å². The van der Waals surface area contributed by atoms with Gasteiger partial charge in [-0.05, 0) is 20.8 Å². The Bertz CT molecular complexity index is 562. The molecule has 0 aliphatic rings. The van der Waals surface area contributed by atoms with Crippen molar-refractivity contribution in [2.75, 3.05) is 0 Å². The highest BCUT2D eigenvalue weighted by atomic mass is 35.5. The largest absolute Gasteiger partial charge is 0.271 e. The van der Waals surface area contributed by atoms with E-state index in [1.54, 1.807) is 11.3 Å². The van der Waals surface area contributed by atoms with Crippen LogP contribution in [0.4, 0.5) is 0 Å². The Hall–Kier alpha value is -0.950. The molecule has 2 aromatic rings. The fourth-order valence-electron chi connectivity index (χ4n) is 2.04. The summed E-state index contributed by atoms with van der Waals surface area (Å²) in [6, 6.07) is 0.00472. The first-order valence-electron chi connectivity index (χ1n) is 6.17. The molecule has 0 aromatic carbocycles. The van der Waals surface area contributed by atoms with Crippen molar-refractivity contribution in [1.82, 2.24) is 20.2 Å². The Kier molecular flexibility index (Phi) is 4.57. The topological polar surface area (TPSA) is 68.8 Å². The van der Waals surface area contributed by atoms with Crippen LogP contribution in [0.5, 0.6) is 0 Å². The summed E-state index contributed by atoms with van der Waals surface area (Å²) in [5.74, 6) is 5.67. The number of halogens is 1. The molecule has 0 fully saturated rings. The maximum absolute atomic E-state index is 6.32. The van der Waals surface area contributed by atoms with Crippen LogP contribution >= 0.6 is 22.9 Å². The van der Waals surface area contributed by atoms with Crippen LogP contribution in [0.2, 0.25) is 5.02 Å². The fourth-order valence-corrected chi connectivity index (χ4v) is 3.10. The van der Waals surface area contributed by atoms with Crippen molar-refractivity contribution in [2.45, 2.75) is 39.8 Å². The van der Waals surface area contributed by atoms with Gasteiger partial charge in [-0.1, -0.05) is 11.6 Å². The minimum atomic E-state index is 0.00472. The van der Waals surface area contributed by atoms with E-state index >= 15 is 0 Å². The molecule has 0 bridgehead atoms. The number of rotatable bonds is 5. The summed E-state index contributed by atoms with van der Waals surface area (Å²) in [6.45, 7) is 6.74. The first kappa shape index (κ1) is 14.5. The van der Waals surface area contributed by atoms with E-state index in [1.807, 2.05) is 31.6 Å². The molecule has 3 N–H and O–H groups in total. The number of nitrogens with two attached hydrogens (primary N) is 1. The maximum atomic E-state index is 6.32. The van der Waals surface area contributed by atoms with E-state index in [1.165, 1.54) is 0 Å². The Morgan fingerprint density at radius 2 is 2.26 bits per heavy atom. The van der Waals surface area contributed by atoms with Crippen molar-refractivity contribution in [3.63, 3.8) is 0 Å². The number of hydrogen-bond donors (Lipinski definition) is 2. The zero-order chi connectivity index (χ0) is 14.0. The van der Waals surface area contributed by atoms with Crippen LogP contribution in [-0.2, 0) is 13.0 Å². The number of nitrogens with zero attached hydrogens (tertiary/aromatic N) is 3. The lowest BCUT2D eigenvalue weighted by Crippen LogP contribution is -2.29. The van der Waals surface area contributed by atoms with Crippen molar-refractivity contribution >= 4 is 22.9 Å². The molecule has 104 valence electrons. The zero-order valence-electron chi connectivity index (χ0n) is 11.3. The average Bonchev–Trinajstić information content (AvgIpc) is 2.93. The summed E-state index contributed by atoms with van der Waals surface area (Å²) in [5.41, 5.74) is 4.70. The van der Waals surface area contributed by atoms with E-state index in [-0.39, 0.29) is 6.04 Å². The van der Waals surface area contributed by atoms with Gasteiger partial charge in [-0.3, -0.25) is 16.0 Å². The molecular weight excluding hydrogens is 282 g/mol. The van der Waals surface area contributed by atoms with Crippen LogP contribution in [0, 0.1) is 13.8 Å². The predicted molar refractivity (Wildman–Crippen MR) is 78.3 cm³/mol. The molecule has 2 rings (SSSR count). The van der Waals surface area contributed by atoms with E-state index in [4.69, 9.17) is 17.4 Å². The minimum Gasteiger partial charge on any atom is -0.271 e. The molecule has 2 aromatic heterocycles. The molecule has 0 spiro atoms. The third-order valence-corrected chi connectivity index (χ3v) is 4.55. The highest BCUT2D eigenvalue weighted by Gasteiger charge is 2.19. The van der Waals surface area contributed by atoms with E-state index in [0.717, 1.165) is 32.8 Å². The Balaban J connectivity index is 2.28. The van der Waals surface area contributed by atoms with Crippen LogP contribution in [0.25, 0.3) is 0 Å². The SMILES string of the molecule is CCn1nc(C)c(Cl)c1CC(NN)c1cnc(C)s1. The average molecular weight is 300 g/mol. The molecular formula is C12H18ClN5S. The normalized spacial score (nSPS) is 12.9. The van der Waals surface area contributed by atoms with Gasteiger partial charge in [0, 0.05) is 24.0 Å². The molecule has 1 atom stereocenters. The van der Waals surface area contributed by atoms with Crippen molar-refractivity contribution in [1.29, 1.82) is 0 Å². The Morgan fingerprint density at radius 3 is 2.79 bits per heavy atom. The number of hydrazine groups is 1. The molecule has 0 radical (unpaired) electrons. The summed E-state index contributed by atoms with van der Waals surface area (Å²) in [5, 5.41) is 6.17. The molecule has 2 heterocycles. The molecule has 1 unspecified atom stereocenters. The molecule has 0 saturated carbocycles. The fraction of sp³-hybridized carbons (Fsp3) is 0.500. The van der Waals surface area contributed by atoms with Gasteiger partial charge in [-0.25, -0.2) is 4.98 Å². The third-order valence-electron chi connectivity index (χ3n) is 3.03. The molecule has 7 heteroatoms. The minimum absolute atomic E-state index is 0.00472. The van der Waals surface area contributed by atoms with Gasteiger partial charge in [0.25, 0.3) is 0 Å². The predicted octanol–water partition coefficient (Wildman–Crippen LogP) is 2.38. The molecule has 5 nitrogen and oxygen atoms in total. The number of hydrogen-bond acceptors (Lipinski definition) is 5. The van der Waals surface area contributed by atoms with Gasteiger partial charge in [0.05, 0.1) is 27.5 Å². The first-order chi connectivity index (χ1) is 9.06. The van der Waals surface area contributed by atoms with E-state index in [9.17, 15) is 0 Å². The second kappa shape index (κ2) is 6.00. The quantitative estimate of drug-likeness (QED) is 0.657. The van der Waals surface area contributed by atoms with Crippen molar-refractivity contribution < 1.29 is 0 Å². The van der Waals surface area contributed by atoms with Gasteiger partial charge in [-0.15, -0.1) is 11.3 Å². The van der Waals surface area contributed by atoms with Gasteiger partial charge >= 0.3 is 0 Å². The second-order valence-electron chi connectivity index (χ2n) is 4.37. The lowest BCUT2D eigenvalue weighted by molar-refractivity contribution is 0.522. The summed E-state index contributed by atoms with van der Waals surface area (Å²) in [7, 11) is 0. The molecule has 0 saturated heterocycles. The summed E-state index contributed by atoms with van der Waals surface area (Å²) in [4.78, 5) is 5.37. The number of aryl methyl sites for hydroxylation is 3. The van der Waals surface area contributed by atoms with Gasteiger partial charge in [-0.2, -0.15) is 5.10 Å². The van der Waals surface area contributed by atoms with Crippen LogP contribution in [0.15, 0.2) is 6.20 Å². The molecule has 0 aliphatic carbocycles. The zero-order valence-corrected chi connectivity index (χ0v) is 12.8.